The van der Waals surface area contributed by atoms with Gasteiger partial charge in [0.2, 0.25) is 0 Å². The minimum absolute atomic E-state index is 1.00. The van der Waals surface area contributed by atoms with Crippen LogP contribution in [0.25, 0.3) is 11.0 Å². The fourth-order valence-corrected chi connectivity index (χ4v) is 1.68. The lowest BCUT2D eigenvalue weighted by Crippen LogP contribution is -1.83. The summed E-state index contributed by atoms with van der Waals surface area (Å²) in [7, 11) is 0. The van der Waals surface area contributed by atoms with Gasteiger partial charge in [-0.1, -0.05) is 11.3 Å². The Labute approximate surface area is 84.3 Å². The molecule has 0 spiro atoms. The Balaban J connectivity index is 2.93. The Hall–Kier alpha value is -0.650. The fourth-order valence-electron chi connectivity index (χ4n) is 1.19. The van der Waals surface area contributed by atoms with Crippen molar-refractivity contribution in [3.05, 3.63) is 23.3 Å². The highest BCUT2D eigenvalue weighted by Gasteiger charge is 2.05. The molecule has 1 aromatic carbocycles. The van der Waals surface area contributed by atoms with E-state index in [1.807, 2.05) is 6.07 Å². The highest BCUT2D eigenvalue weighted by Crippen LogP contribution is 2.19. The van der Waals surface area contributed by atoms with Crippen LogP contribution in [0.4, 0.5) is 0 Å². The van der Waals surface area contributed by atoms with Crippen molar-refractivity contribution >= 4 is 33.9 Å². The molecule has 0 radical (unpaired) electrons. The summed E-state index contributed by atoms with van der Waals surface area (Å²) in [6.45, 7) is 4.16. The molecule has 0 amide bonds. The first-order chi connectivity index (χ1) is 5.70. The van der Waals surface area contributed by atoms with Crippen molar-refractivity contribution in [3.63, 3.8) is 0 Å². The van der Waals surface area contributed by atoms with E-state index in [0.29, 0.717) is 0 Å². The lowest BCUT2D eigenvalue weighted by molar-refractivity contribution is 0.937. The summed E-state index contributed by atoms with van der Waals surface area (Å²) in [4.78, 5) is 0. The van der Waals surface area contributed by atoms with Crippen LogP contribution in [0.15, 0.2) is 12.1 Å². The van der Waals surface area contributed by atoms with Gasteiger partial charge in [-0.25, -0.2) is 0 Å². The summed E-state index contributed by atoms with van der Waals surface area (Å²) >= 11 is 2.12. The van der Waals surface area contributed by atoms with E-state index >= 15 is 0 Å². The number of hydrogen-bond donors (Lipinski definition) is 0. The van der Waals surface area contributed by atoms with E-state index in [-0.39, 0.29) is 0 Å². The Morgan fingerprint density at radius 3 is 2.83 bits per heavy atom. The molecular weight excluding hydrogens is 265 g/mol. The molecule has 1 aromatic heterocycles. The minimum atomic E-state index is 1.00. The molecule has 0 aliphatic carbocycles. The zero-order valence-corrected chi connectivity index (χ0v) is 9.03. The summed E-state index contributed by atoms with van der Waals surface area (Å²) in [5.41, 5.74) is 4.57. The van der Waals surface area contributed by atoms with Crippen LogP contribution in [0, 0.1) is 13.8 Å². The molecule has 1 heterocycles. The minimum Gasteiger partial charge on any atom is -0.184 e. The first kappa shape index (κ1) is 7.97. The van der Waals surface area contributed by atoms with Gasteiger partial charge in [0.25, 0.3) is 0 Å². The van der Waals surface area contributed by atoms with Crippen LogP contribution in [-0.4, -0.2) is 13.2 Å². The van der Waals surface area contributed by atoms with Crippen molar-refractivity contribution in [1.29, 1.82) is 0 Å². The fraction of sp³-hybridized carbons (Fsp3) is 0.250. The number of aromatic nitrogens is 3. The quantitative estimate of drug-likeness (QED) is 0.689. The maximum atomic E-state index is 4.08. The molecule has 12 heavy (non-hydrogen) atoms. The van der Waals surface area contributed by atoms with E-state index in [2.05, 4.69) is 53.1 Å². The van der Waals surface area contributed by atoms with Crippen molar-refractivity contribution in [1.82, 2.24) is 13.2 Å². The highest BCUT2D eigenvalue weighted by molar-refractivity contribution is 14.1. The van der Waals surface area contributed by atoms with Gasteiger partial charge in [0.1, 0.15) is 11.0 Å². The summed E-state index contributed by atoms with van der Waals surface area (Å²) in [6.07, 6.45) is 0. The Morgan fingerprint density at radius 2 is 2.08 bits per heavy atom. The molecule has 0 unspecified atom stereocenters. The molecule has 0 aliphatic heterocycles. The van der Waals surface area contributed by atoms with Gasteiger partial charge in [-0.05, 0) is 31.0 Å². The molecule has 0 atom stereocenters. The zero-order valence-electron chi connectivity index (χ0n) is 6.87. The van der Waals surface area contributed by atoms with E-state index in [0.717, 1.165) is 11.0 Å². The lowest BCUT2D eigenvalue weighted by atomic mass is 10.1. The third-order valence-corrected chi connectivity index (χ3v) is 2.82. The van der Waals surface area contributed by atoms with E-state index in [1.165, 1.54) is 11.1 Å². The van der Waals surface area contributed by atoms with Gasteiger partial charge in [0.15, 0.2) is 0 Å². The largest absolute Gasteiger partial charge is 0.184 e. The maximum absolute atomic E-state index is 4.08. The summed E-state index contributed by atoms with van der Waals surface area (Å²) in [5.74, 6) is 0. The average Bonchev–Trinajstić information content (AvgIpc) is 2.41. The molecule has 0 aliphatic rings. The molecule has 0 fully saturated rings. The van der Waals surface area contributed by atoms with Crippen LogP contribution in [0.3, 0.4) is 0 Å². The van der Waals surface area contributed by atoms with E-state index in [4.69, 9.17) is 0 Å². The van der Waals surface area contributed by atoms with Crippen LogP contribution in [-0.2, 0) is 0 Å². The Bertz CT molecular complexity index is 433. The average molecular weight is 273 g/mol. The predicted octanol–water partition coefficient (Wildman–Crippen LogP) is 2.25. The van der Waals surface area contributed by atoms with Crippen molar-refractivity contribution in [2.45, 2.75) is 13.8 Å². The van der Waals surface area contributed by atoms with Crippen molar-refractivity contribution in [3.8, 4) is 0 Å². The molecule has 3 nitrogen and oxygen atoms in total. The van der Waals surface area contributed by atoms with Crippen molar-refractivity contribution in [2.24, 2.45) is 0 Å². The second-order valence-electron chi connectivity index (χ2n) is 2.82. The molecule has 0 saturated heterocycles. The summed E-state index contributed by atoms with van der Waals surface area (Å²) in [6, 6.07) is 4.14. The van der Waals surface area contributed by atoms with Crippen LogP contribution >= 0.6 is 22.9 Å². The standard InChI is InChI=1S/C8H8IN3/c1-5-3-4-7-8(6(5)2)10-11-12(7)9/h3-4H,1-2H3. The Morgan fingerprint density at radius 1 is 1.33 bits per heavy atom. The second-order valence-corrected chi connectivity index (χ2v) is 3.74. The molecule has 62 valence electrons. The van der Waals surface area contributed by atoms with Crippen LogP contribution in [0.5, 0.6) is 0 Å². The van der Waals surface area contributed by atoms with Crippen molar-refractivity contribution in [2.75, 3.05) is 0 Å². The topological polar surface area (TPSA) is 30.7 Å². The number of hydrogen-bond acceptors (Lipinski definition) is 2. The molecule has 2 rings (SSSR count). The molecule has 0 saturated carbocycles. The normalized spacial score (nSPS) is 10.9. The summed E-state index contributed by atoms with van der Waals surface area (Å²) in [5, 5.41) is 8.04. The van der Waals surface area contributed by atoms with Gasteiger partial charge in [0.05, 0.1) is 22.9 Å². The first-order valence-electron chi connectivity index (χ1n) is 3.68. The number of rotatable bonds is 0. The van der Waals surface area contributed by atoms with E-state index in [9.17, 15) is 0 Å². The second kappa shape index (κ2) is 2.69. The van der Waals surface area contributed by atoms with Crippen LogP contribution < -0.4 is 0 Å². The van der Waals surface area contributed by atoms with Gasteiger partial charge in [0, 0.05) is 0 Å². The Kier molecular flexibility index (Phi) is 1.79. The van der Waals surface area contributed by atoms with E-state index in [1.54, 1.807) is 2.90 Å². The molecule has 4 heteroatoms. The number of aryl methyl sites for hydroxylation is 2. The van der Waals surface area contributed by atoms with Gasteiger partial charge >= 0.3 is 0 Å². The number of benzene rings is 1. The smallest absolute Gasteiger partial charge is 0.117 e. The number of fused-ring (bicyclic) bond motifs is 1. The van der Waals surface area contributed by atoms with Crippen molar-refractivity contribution < 1.29 is 0 Å². The van der Waals surface area contributed by atoms with Crippen LogP contribution in [0.2, 0.25) is 0 Å². The highest BCUT2D eigenvalue weighted by atomic mass is 127. The molecule has 0 bridgehead atoms. The predicted molar refractivity (Wildman–Crippen MR) is 56.4 cm³/mol. The summed E-state index contributed by atoms with van der Waals surface area (Å²) < 4.78 is 1.76. The van der Waals surface area contributed by atoms with Gasteiger partial charge in [-0.2, -0.15) is 2.90 Å². The maximum Gasteiger partial charge on any atom is 0.117 e. The van der Waals surface area contributed by atoms with Gasteiger partial charge in [-0.3, -0.25) is 0 Å². The number of nitrogens with zero attached hydrogens (tertiary/aromatic N) is 3. The molecule has 2 aromatic rings. The molecule has 0 N–H and O–H groups in total. The zero-order chi connectivity index (χ0) is 8.72. The number of halogens is 1. The third kappa shape index (κ3) is 1.01. The first-order valence-corrected chi connectivity index (χ1v) is 4.64. The monoisotopic (exact) mass is 273 g/mol. The van der Waals surface area contributed by atoms with E-state index < -0.39 is 0 Å². The lowest BCUT2D eigenvalue weighted by Gasteiger charge is -1.98. The SMILES string of the molecule is Cc1ccc2c(nnn2I)c1C. The van der Waals surface area contributed by atoms with Crippen LogP contribution in [0.1, 0.15) is 11.1 Å². The van der Waals surface area contributed by atoms with Gasteiger partial charge < -0.3 is 0 Å². The molecular formula is C8H8IN3. The third-order valence-electron chi connectivity index (χ3n) is 2.10. The van der Waals surface area contributed by atoms with Gasteiger partial charge in [-0.15, -0.1) is 5.10 Å².